The maximum atomic E-state index is 13.4. The Morgan fingerprint density at radius 3 is 2.27 bits per heavy atom. The van der Waals surface area contributed by atoms with Crippen molar-refractivity contribution in [2.75, 3.05) is 6.79 Å². The van der Waals surface area contributed by atoms with Crippen molar-refractivity contribution in [3.63, 3.8) is 0 Å². The summed E-state index contributed by atoms with van der Waals surface area (Å²) in [5, 5.41) is 0. The first-order chi connectivity index (χ1) is 12.8. The van der Waals surface area contributed by atoms with E-state index in [1.807, 2.05) is 42.5 Å². The smallest absolute Gasteiger partial charge is 0.231 e. The van der Waals surface area contributed by atoms with Crippen LogP contribution in [-0.4, -0.2) is 6.79 Å². The summed E-state index contributed by atoms with van der Waals surface area (Å²) >= 11 is 0. The molecule has 26 heavy (non-hydrogen) atoms. The topological polar surface area (TPSA) is 27.7 Å². The van der Waals surface area contributed by atoms with E-state index in [1.54, 1.807) is 0 Å². The predicted molar refractivity (Wildman–Crippen MR) is 95.2 cm³/mol. The van der Waals surface area contributed by atoms with Crippen molar-refractivity contribution in [3.05, 3.63) is 89.2 Å². The van der Waals surface area contributed by atoms with Crippen LogP contribution in [0.4, 0.5) is 4.39 Å². The lowest BCUT2D eigenvalue weighted by molar-refractivity contribution is 0.166. The zero-order chi connectivity index (χ0) is 17.5. The molecule has 130 valence electrons. The Morgan fingerprint density at radius 2 is 1.50 bits per heavy atom. The van der Waals surface area contributed by atoms with Crippen molar-refractivity contribution in [1.82, 2.24) is 0 Å². The molecule has 2 aliphatic rings. The monoisotopic (exact) mass is 348 g/mol. The number of hydrogen-bond donors (Lipinski definition) is 0. The van der Waals surface area contributed by atoms with E-state index in [-0.39, 0.29) is 24.6 Å². The van der Waals surface area contributed by atoms with E-state index >= 15 is 0 Å². The predicted octanol–water partition coefficient (Wildman–Crippen LogP) is 5.21. The van der Waals surface area contributed by atoms with Crippen molar-refractivity contribution >= 4 is 0 Å². The molecule has 2 atom stereocenters. The largest absolute Gasteiger partial charge is 0.485 e. The molecule has 0 amide bonds. The zero-order valence-electron chi connectivity index (χ0n) is 14.0. The highest BCUT2D eigenvalue weighted by Gasteiger charge is 2.33. The van der Waals surface area contributed by atoms with Gasteiger partial charge in [0.1, 0.15) is 17.7 Å². The van der Waals surface area contributed by atoms with Crippen LogP contribution in [-0.2, 0) is 0 Å². The normalized spacial score (nSPS) is 20.3. The Balaban J connectivity index is 1.61. The third-order valence-electron chi connectivity index (χ3n) is 5.04. The second-order valence-corrected chi connectivity index (χ2v) is 6.60. The maximum absolute atomic E-state index is 13.4. The third-order valence-corrected chi connectivity index (χ3v) is 5.04. The number of ether oxygens (including phenoxy) is 3. The van der Waals surface area contributed by atoms with Gasteiger partial charge in [-0.2, -0.15) is 0 Å². The average Bonchev–Trinajstić information content (AvgIpc) is 3.14. The maximum Gasteiger partial charge on any atom is 0.231 e. The van der Waals surface area contributed by atoms with E-state index in [1.165, 1.54) is 12.1 Å². The fourth-order valence-electron chi connectivity index (χ4n) is 3.74. The second-order valence-electron chi connectivity index (χ2n) is 6.60. The summed E-state index contributed by atoms with van der Waals surface area (Å²) in [5.41, 5.74) is 3.24. The molecule has 0 radical (unpaired) electrons. The fraction of sp³-hybridized carbons (Fsp3) is 0.182. The molecule has 0 spiro atoms. The minimum atomic E-state index is -0.230. The lowest BCUT2D eigenvalue weighted by Crippen LogP contribution is -2.20. The molecule has 0 N–H and O–H groups in total. The lowest BCUT2D eigenvalue weighted by Gasteiger charge is -2.33. The van der Waals surface area contributed by atoms with Gasteiger partial charge in [0.15, 0.2) is 11.5 Å². The standard InChI is InChI=1S/C22H17FO3/c23-16-8-6-14(7-9-16)17-10-19(15-4-2-1-3-5-15)26-20-12-22-21(11-18(17)20)24-13-25-22/h1-9,11-12,17,19H,10,13H2/t17-,19+/m1/s1. The van der Waals surface area contributed by atoms with Gasteiger partial charge in [0, 0.05) is 17.5 Å². The minimum absolute atomic E-state index is 0.0703. The molecular weight excluding hydrogens is 331 g/mol. The molecule has 0 saturated heterocycles. The van der Waals surface area contributed by atoms with Gasteiger partial charge in [-0.1, -0.05) is 42.5 Å². The van der Waals surface area contributed by atoms with Gasteiger partial charge in [-0.25, -0.2) is 4.39 Å². The number of fused-ring (bicyclic) bond motifs is 2. The Morgan fingerprint density at radius 1 is 0.769 bits per heavy atom. The van der Waals surface area contributed by atoms with Gasteiger partial charge in [-0.3, -0.25) is 0 Å². The second kappa shape index (κ2) is 6.06. The van der Waals surface area contributed by atoms with Crippen LogP contribution in [0.25, 0.3) is 0 Å². The SMILES string of the molecule is Fc1ccc([C@H]2C[C@@H](c3ccccc3)Oc3cc4c(cc32)OCO4)cc1. The molecular formula is C22H17FO3. The van der Waals surface area contributed by atoms with E-state index in [0.717, 1.165) is 34.6 Å². The van der Waals surface area contributed by atoms with Gasteiger partial charge in [0.2, 0.25) is 6.79 Å². The summed E-state index contributed by atoms with van der Waals surface area (Å²) in [6, 6.07) is 20.8. The van der Waals surface area contributed by atoms with E-state index in [4.69, 9.17) is 14.2 Å². The van der Waals surface area contributed by atoms with Crippen molar-refractivity contribution in [2.45, 2.75) is 18.4 Å². The van der Waals surface area contributed by atoms with Crippen LogP contribution in [0, 0.1) is 5.82 Å². The molecule has 0 saturated carbocycles. The van der Waals surface area contributed by atoms with Crippen LogP contribution in [0.1, 0.15) is 35.1 Å². The number of hydrogen-bond acceptors (Lipinski definition) is 3. The number of rotatable bonds is 2. The third kappa shape index (κ3) is 2.58. The highest BCUT2D eigenvalue weighted by atomic mass is 19.1. The Kier molecular flexibility index (Phi) is 3.56. The lowest BCUT2D eigenvalue weighted by atomic mass is 9.82. The Labute approximate surface area is 150 Å². The van der Waals surface area contributed by atoms with Crippen LogP contribution in [0.5, 0.6) is 17.2 Å². The number of benzene rings is 3. The van der Waals surface area contributed by atoms with Gasteiger partial charge >= 0.3 is 0 Å². The first-order valence-corrected chi connectivity index (χ1v) is 8.68. The Bertz CT molecular complexity index is 938. The molecule has 0 bridgehead atoms. The van der Waals surface area contributed by atoms with E-state index in [0.29, 0.717) is 5.75 Å². The van der Waals surface area contributed by atoms with E-state index < -0.39 is 0 Å². The fourth-order valence-corrected chi connectivity index (χ4v) is 3.74. The summed E-state index contributed by atoms with van der Waals surface area (Å²) < 4.78 is 30.8. The summed E-state index contributed by atoms with van der Waals surface area (Å²) in [6.07, 6.45) is 0.710. The average molecular weight is 348 g/mol. The molecule has 3 nitrogen and oxygen atoms in total. The first-order valence-electron chi connectivity index (χ1n) is 8.68. The quantitative estimate of drug-likeness (QED) is 0.636. The summed E-state index contributed by atoms with van der Waals surface area (Å²) in [7, 11) is 0. The molecule has 2 aliphatic heterocycles. The van der Waals surface area contributed by atoms with Gasteiger partial charge in [-0.05, 0) is 35.7 Å². The zero-order valence-corrected chi connectivity index (χ0v) is 14.0. The van der Waals surface area contributed by atoms with Crippen LogP contribution >= 0.6 is 0 Å². The highest BCUT2D eigenvalue weighted by Crippen LogP contribution is 2.49. The molecule has 0 aliphatic carbocycles. The molecule has 3 aromatic carbocycles. The van der Waals surface area contributed by atoms with Crippen molar-refractivity contribution in [1.29, 1.82) is 0 Å². The molecule has 0 unspecified atom stereocenters. The summed E-state index contributed by atoms with van der Waals surface area (Å²) in [4.78, 5) is 0. The summed E-state index contributed by atoms with van der Waals surface area (Å²) in [6.45, 7) is 0.224. The minimum Gasteiger partial charge on any atom is -0.485 e. The van der Waals surface area contributed by atoms with E-state index in [2.05, 4.69) is 12.1 Å². The van der Waals surface area contributed by atoms with Crippen LogP contribution in [0.15, 0.2) is 66.7 Å². The van der Waals surface area contributed by atoms with Gasteiger partial charge in [0.25, 0.3) is 0 Å². The molecule has 0 fully saturated rings. The first kappa shape index (κ1) is 15.3. The van der Waals surface area contributed by atoms with Crippen molar-refractivity contribution < 1.29 is 18.6 Å². The van der Waals surface area contributed by atoms with Gasteiger partial charge in [-0.15, -0.1) is 0 Å². The molecule has 2 heterocycles. The van der Waals surface area contributed by atoms with Crippen molar-refractivity contribution in [3.8, 4) is 17.2 Å². The van der Waals surface area contributed by atoms with Crippen LogP contribution in [0.2, 0.25) is 0 Å². The molecule has 5 rings (SSSR count). The van der Waals surface area contributed by atoms with Crippen molar-refractivity contribution in [2.24, 2.45) is 0 Å². The van der Waals surface area contributed by atoms with E-state index in [9.17, 15) is 4.39 Å². The summed E-state index contributed by atoms with van der Waals surface area (Å²) in [5.74, 6) is 2.10. The molecule has 3 aromatic rings. The molecule has 0 aromatic heterocycles. The van der Waals surface area contributed by atoms with Crippen LogP contribution < -0.4 is 14.2 Å². The van der Waals surface area contributed by atoms with Gasteiger partial charge < -0.3 is 14.2 Å². The highest BCUT2D eigenvalue weighted by molar-refractivity contribution is 5.56. The number of halogens is 1. The molecule has 4 heteroatoms. The van der Waals surface area contributed by atoms with Crippen LogP contribution in [0.3, 0.4) is 0 Å². The van der Waals surface area contributed by atoms with Gasteiger partial charge in [0.05, 0.1) is 0 Å². The Hall–Kier alpha value is -3.01.